The first-order valence-electron chi connectivity index (χ1n) is 6.81. The Kier molecular flexibility index (Phi) is 4.44. The fraction of sp³-hybridized carbons (Fsp3) is 0.400. The number of nitrogens with one attached hydrogen (secondary N) is 1. The lowest BCUT2D eigenvalue weighted by Crippen LogP contribution is -2.47. The third-order valence-electron chi connectivity index (χ3n) is 3.42. The Bertz CT molecular complexity index is 613. The van der Waals surface area contributed by atoms with Crippen molar-refractivity contribution in [3.8, 4) is 0 Å². The summed E-state index contributed by atoms with van der Waals surface area (Å²) in [6.07, 6.45) is 0.251. The van der Waals surface area contributed by atoms with Crippen LogP contribution in [0, 0.1) is 5.82 Å². The molecule has 1 aliphatic heterocycles. The molecule has 22 heavy (non-hydrogen) atoms. The van der Waals surface area contributed by atoms with Gasteiger partial charge in [-0.1, -0.05) is 17.3 Å². The molecule has 1 aliphatic rings. The average Bonchev–Trinajstić information content (AvgIpc) is 2.88. The van der Waals surface area contributed by atoms with Crippen LogP contribution in [0.1, 0.15) is 18.9 Å². The van der Waals surface area contributed by atoms with Gasteiger partial charge in [-0.05, 0) is 24.6 Å². The summed E-state index contributed by atoms with van der Waals surface area (Å²) in [5.41, 5.74) is 0.0925. The summed E-state index contributed by atoms with van der Waals surface area (Å²) in [7, 11) is 3.22. The molecule has 0 spiro atoms. The van der Waals surface area contributed by atoms with Crippen LogP contribution in [0.15, 0.2) is 29.4 Å². The number of carbonyl (C=O) groups is 2. The second-order valence-electron chi connectivity index (χ2n) is 5.51. The summed E-state index contributed by atoms with van der Waals surface area (Å²) in [5, 5.41) is 6.45. The van der Waals surface area contributed by atoms with Crippen LogP contribution < -0.4 is 5.32 Å². The van der Waals surface area contributed by atoms with Gasteiger partial charge in [0.25, 0.3) is 5.91 Å². The Hall–Kier alpha value is -2.44. The van der Waals surface area contributed by atoms with E-state index in [9.17, 15) is 14.0 Å². The molecule has 0 fully saturated rings. The van der Waals surface area contributed by atoms with Crippen molar-refractivity contribution >= 4 is 17.5 Å². The first-order valence-corrected chi connectivity index (χ1v) is 6.81. The smallest absolute Gasteiger partial charge is 0.267 e. The van der Waals surface area contributed by atoms with Crippen molar-refractivity contribution in [2.45, 2.75) is 18.9 Å². The van der Waals surface area contributed by atoms with E-state index in [1.807, 2.05) is 0 Å². The minimum absolute atomic E-state index is 0.101. The second-order valence-corrected chi connectivity index (χ2v) is 5.51. The maximum absolute atomic E-state index is 12.9. The van der Waals surface area contributed by atoms with Gasteiger partial charge in [-0.15, -0.1) is 0 Å². The summed E-state index contributed by atoms with van der Waals surface area (Å²) in [6, 6.07) is 5.81. The van der Waals surface area contributed by atoms with Crippen LogP contribution >= 0.6 is 0 Å². The van der Waals surface area contributed by atoms with Crippen LogP contribution in [0.25, 0.3) is 0 Å². The average molecular weight is 307 g/mol. The predicted octanol–water partition coefficient (Wildman–Crippen LogP) is 0.913. The van der Waals surface area contributed by atoms with Gasteiger partial charge in [-0.3, -0.25) is 9.59 Å². The highest BCUT2D eigenvalue weighted by atomic mass is 19.1. The molecule has 118 valence electrons. The zero-order valence-corrected chi connectivity index (χ0v) is 12.7. The van der Waals surface area contributed by atoms with Crippen molar-refractivity contribution in [1.29, 1.82) is 0 Å². The largest absolute Gasteiger partial charge is 0.379 e. The van der Waals surface area contributed by atoms with Gasteiger partial charge in [-0.25, -0.2) is 4.39 Å². The van der Waals surface area contributed by atoms with E-state index >= 15 is 0 Å². The van der Waals surface area contributed by atoms with E-state index in [0.717, 1.165) is 0 Å². The minimum Gasteiger partial charge on any atom is -0.379 e. The van der Waals surface area contributed by atoms with E-state index in [-0.39, 0.29) is 24.7 Å². The van der Waals surface area contributed by atoms with Gasteiger partial charge in [0.1, 0.15) is 5.82 Å². The quantitative estimate of drug-likeness (QED) is 0.899. The fourth-order valence-electron chi connectivity index (χ4n) is 1.96. The highest BCUT2D eigenvalue weighted by Crippen LogP contribution is 2.26. The summed E-state index contributed by atoms with van der Waals surface area (Å²) in [6.45, 7) is 1.50. The van der Waals surface area contributed by atoms with Crippen LogP contribution in [0.3, 0.4) is 0 Å². The minimum atomic E-state index is -1.17. The van der Waals surface area contributed by atoms with Gasteiger partial charge in [0, 0.05) is 20.5 Å². The fourth-order valence-corrected chi connectivity index (χ4v) is 1.96. The maximum atomic E-state index is 12.9. The van der Waals surface area contributed by atoms with Crippen LogP contribution in [0.2, 0.25) is 0 Å². The summed E-state index contributed by atoms with van der Waals surface area (Å²) in [4.78, 5) is 30.3. The monoisotopic (exact) mass is 307 g/mol. The van der Waals surface area contributed by atoms with E-state index in [2.05, 4.69) is 10.5 Å². The zero-order chi connectivity index (χ0) is 16.3. The molecule has 1 aromatic carbocycles. The Labute approximate surface area is 127 Å². The number of rotatable bonds is 4. The molecule has 0 saturated heterocycles. The molecular formula is C15H18FN3O3. The lowest BCUT2D eigenvalue weighted by molar-refractivity contribution is -0.143. The first-order chi connectivity index (χ1) is 10.3. The van der Waals surface area contributed by atoms with Crippen molar-refractivity contribution in [3.63, 3.8) is 0 Å². The van der Waals surface area contributed by atoms with Crippen molar-refractivity contribution in [2.24, 2.45) is 5.16 Å². The van der Waals surface area contributed by atoms with E-state index in [0.29, 0.717) is 11.3 Å². The number of likely N-dealkylation sites (N-methyl/N-ethyl adjacent to an activating group) is 1. The third kappa shape index (κ3) is 3.41. The second kappa shape index (κ2) is 6.13. The van der Waals surface area contributed by atoms with Gasteiger partial charge in [-0.2, -0.15) is 0 Å². The number of benzene rings is 1. The highest BCUT2D eigenvalue weighted by Gasteiger charge is 2.42. The van der Waals surface area contributed by atoms with E-state index in [1.54, 1.807) is 33.2 Å². The van der Waals surface area contributed by atoms with Crippen LogP contribution in [-0.4, -0.2) is 48.7 Å². The molecule has 1 atom stereocenters. The van der Waals surface area contributed by atoms with Crippen molar-refractivity contribution in [3.05, 3.63) is 35.6 Å². The van der Waals surface area contributed by atoms with Crippen LogP contribution in [-0.2, 0) is 14.4 Å². The van der Waals surface area contributed by atoms with E-state index < -0.39 is 11.5 Å². The molecule has 0 unspecified atom stereocenters. The van der Waals surface area contributed by atoms with Crippen LogP contribution in [0.4, 0.5) is 4.39 Å². The lowest BCUT2D eigenvalue weighted by Gasteiger charge is -2.20. The van der Waals surface area contributed by atoms with Gasteiger partial charge in [0.2, 0.25) is 11.5 Å². The molecule has 0 radical (unpaired) electrons. The summed E-state index contributed by atoms with van der Waals surface area (Å²) in [5.74, 6) is -0.968. The highest BCUT2D eigenvalue weighted by molar-refractivity contribution is 6.05. The van der Waals surface area contributed by atoms with Crippen molar-refractivity contribution < 1.29 is 18.8 Å². The normalized spacial score (nSPS) is 20.1. The Morgan fingerprint density at radius 2 is 2.00 bits per heavy atom. The van der Waals surface area contributed by atoms with Gasteiger partial charge >= 0.3 is 0 Å². The Morgan fingerprint density at radius 1 is 1.36 bits per heavy atom. The maximum Gasteiger partial charge on any atom is 0.267 e. The molecule has 0 aliphatic carbocycles. The molecule has 2 amide bonds. The van der Waals surface area contributed by atoms with Crippen LogP contribution in [0.5, 0.6) is 0 Å². The number of nitrogens with zero attached hydrogens (tertiary/aromatic N) is 2. The van der Waals surface area contributed by atoms with Crippen molar-refractivity contribution in [1.82, 2.24) is 10.2 Å². The number of halogens is 1. The first kappa shape index (κ1) is 15.9. The lowest BCUT2D eigenvalue weighted by atomic mass is 9.95. The molecule has 2 rings (SSSR count). The molecule has 1 heterocycles. The molecule has 1 N–H and O–H groups in total. The van der Waals surface area contributed by atoms with E-state index in [1.165, 1.54) is 17.0 Å². The van der Waals surface area contributed by atoms with Gasteiger partial charge < -0.3 is 15.1 Å². The Morgan fingerprint density at radius 3 is 2.59 bits per heavy atom. The number of carbonyl (C=O) groups excluding carboxylic acids is 2. The molecule has 6 nitrogen and oxygen atoms in total. The molecular weight excluding hydrogens is 289 g/mol. The number of hydrogen-bond acceptors (Lipinski definition) is 4. The topological polar surface area (TPSA) is 71.0 Å². The molecule has 0 saturated carbocycles. The van der Waals surface area contributed by atoms with Gasteiger partial charge in [0.15, 0.2) is 0 Å². The summed E-state index contributed by atoms with van der Waals surface area (Å²) < 4.78 is 12.9. The summed E-state index contributed by atoms with van der Waals surface area (Å²) >= 11 is 0. The molecule has 0 bridgehead atoms. The number of amides is 2. The van der Waals surface area contributed by atoms with Gasteiger partial charge in [0.05, 0.1) is 12.3 Å². The zero-order valence-electron chi connectivity index (χ0n) is 12.7. The van der Waals surface area contributed by atoms with Crippen molar-refractivity contribution in [2.75, 3.05) is 20.6 Å². The molecule has 7 heteroatoms. The molecule has 0 aromatic heterocycles. The SMILES string of the molecule is CN(C)C(=O)CNC(=O)[C@@]1(C)CC(c2ccc(F)cc2)=NO1. The number of hydrogen-bond donors (Lipinski definition) is 1. The predicted molar refractivity (Wildman–Crippen MR) is 78.7 cm³/mol. The third-order valence-corrected chi connectivity index (χ3v) is 3.42. The Balaban J connectivity index is 1.98. The molecule has 1 aromatic rings. The standard InChI is InChI=1S/C15H18FN3O3/c1-15(14(21)17-9-13(20)19(2)3)8-12(18-22-15)10-4-6-11(16)7-5-10/h4-7H,8-9H2,1-3H3,(H,17,21)/t15-/m1/s1. The van der Waals surface area contributed by atoms with E-state index in [4.69, 9.17) is 4.84 Å². The number of oxime groups is 1.